The van der Waals surface area contributed by atoms with Crippen LogP contribution in [0.4, 0.5) is 8.78 Å². The smallest absolute Gasteiger partial charge is 0.246 e. The molecule has 2 heterocycles. The Labute approximate surface area is 183 Å². The number of benzene rings is 2. The van der Waals surface area contributed by atoms with Crippen LogP contribution in [0.1, 0.15) is 11.1 Å². The number of hydrazine groups is 1. The maximum atomic E-state index is 14.3. The maximum Gasteiger partial charge on any atom is 0.246 e. The number of fused-ring (bicyclic) bond motifs is 1. The fraction of sp³-hybridized carbons (Fsp3) is 0.318. The zero-order chi connectivity index (χ0) is 23.0. The van der Waals surface area contributed by atoms with Gasteiger partial charge in [0.25, 0.3) is 0 Å². The second kappa shape index (κ2) is 8.54. The Morgan fingerprint density at radius 1 is 1.12 bits per heavy atom. The van der Waals surface area contributed by atoms with Gasteiger partial charge in [0.05, 0.1) is 13.1 Å². The van der Waals surface area contributed by atoms with Crippen molar-refractivity contribution in [1.82, 2.24) is 19.8 Å². The molecule has 4 rings (SSSR count). The number of hydrogen-bond donors (Lipinski definition) is 1. The summed E-state index contributed by atoms with van der Waals surface area (Å²) >= 11 is 0. The molecular weight excluding hydrogens is 422 g/mol. The van der Waals surface area contributed by atoms with Crippen LogP contribution in [-0.4, -0.2) is 75.5 Å². The number of phenolic OH excluding ortho intramolecular Hbond substituents is 1. The first-order valence-corrected chi connectivity index (χ1v) is 10.0. The van der Waals surface area contributed by atoms with Gasteiger partial charge in [0.2, 0.25) is 18.2 Å². The quantitative estimate of drug-likeness (QED) is 0.699. The van der Waals surface area contributed by atoms with Crippen molar-refractivity contribution in [3.63, 3.8) is 0 Å². The highest BCUT2D eigenvalue weighted by molar-refractivity contribution is 5.91. The van der Waals surface area contributed by atoms with Crippen LogP contribution in [0.25, 0.3) is 0 Å². The molecule has 0 radical (unpaired) electrons. The Kier molecular flexibility index (Phi) is 5.79. The molecule has 2 aliphatic rings. The van der Waals surface area contributed by atoms with E-state index in [1.165, 1.54) is 38.0 Å². The summed E-state index contributed by atoms with van der Waals surface area (Å²) in [7, 11) is 1.60. The molecular formula is C22H22F2N4O4. The van der Waals surface area contributed by atoms with Crippen LogP contribution in [-0.2, 0) is 27.3 Å². The van der Waals surface area contributed by atoms with Crippen LogP contribution >= 0.6 is 0 Å². The van der Waals surface area contributed by atoms with Crippen molar-refractivity contribution in [3.8, 4) is 5.75 Å². The number of halogens is 2. The molecule has 0 spiro atoms. The Balaban J connectivity index is 1.69. The minimum absolute atomic E-state index is 0.0173. The molecule has 3 amide bonds. The Bertz CT molecular complexity index is 1050. The molecule has 0 aliphatic carbocycles. The third-order valence-electron chi connectivity index (χ3n) is 5.84. The summed E-state index contributed by atoms with van der Waals surface area (Å²) in [6.45, 7) is -0.219. The fourth-order valence-electron chi connectivity index (χ4n) is 4.24. The zero-order valence-corrected chi connectivity index (χ0v) is 17.3. The van der Waals surface area contributed by atoms with Crippen LogP contribution in [0.5, 0.6) is 5.75 Å². The van der Waals surface area contributed by atoms with E-state index in [4.69, 9.17) is 0 Å². The van der Waals surface area contributed by atoms with Gasteiger partial charge in [0.1, 0.15) is 29.6 Å². The number of aromatic hydroxyl groups is 1. The van der Waals surface area contributed by atoms with E-state index in [1.807, 2.05) is 0 Å². The lowest BCUT2D eigenvalue weighted by Gasteiger charge is -2.53. The molecule has 0 bridgehead atoms. The second-order valence-electron chi connectivity index (χ2n) is 7.92. The van der Waals surface area contributed by atoms with E-state index in [2.05, 4.69) is 0 Å². The number of likely N-dealkylation sites (N-methyl/N-ethyl adjacent to an activating group) is 1. The lowest BCUT2D eigenvalue weighted by Crippen LogP contribution is -2.74. The third kappa shape index (κ3) is 4.01. The number of nitrogens with zero attached hydrogens (tertiary/aromatic N) is 4. The van der Waals surface area contributed by atoms with E-state index in [9.17, 15) is 28.3 Å². The lowest BCUT2D eigenvalue weighted by atomic mass is 9.98. The third-order valence-corrected chi connectivity index (χ3v) is 5.84. The standard InChI is InChI=1S/C22H22F2N4O4/c1-25-12-21(31)28-19(8-14-2-6-17(30)7-3-14)22(32)26(11-20(28)27(25)13-29)10-15-4-5-16(23)9-18(15)24/h2-7,9,13,19-20,30H,8,10-12H2,1H3/t19?,20-/m1/s1. The summed E-state index contributed by atoms with van der Waals surface area (Å²) in [4.78, 5) is 40.9. The predicted molar refractivity (Wildman–Crippen MR) is 109 cm³/mol. The maximum absolute atomic E-state index is 14.3. The number of carbonyl (C=O) groups is 3. The molecule has 1 N–H and O–H groups in total. The molecule has 2 atom stereocenters. The van der Waals surface area contributed by atoms with E-state index in [-0.39, 0.29) is 43.3 Å². The van der Waals surface area contributed by atoms with Crippen LogP contribution in [0.2, 0.25) is 0 Å². The molecule has 2 aliphatic heterocycles. The largest absolute Gasteiger partial charge is 0.508 e. The van der Waals surface area contributed by atoms with E-state index >= 15 is 0 Å². The van der Waals surface area contributed by atoms with Crippen molar-refractivity contribution in [3.05, 3.63) is 65.2 Å². The van der Waals surface area contributed by atoms with E-state index < -0.39 is 29.7 Å². The Hall–Kier alpha value is -3.53. The average molecular weight is 444 g/mol. The van der Waals surface area contributed by atoms with Gasteiger partial charge in [0, 0.05) is 31.6 Å². The molecule has 8 nitrogen and oxygen atoms in total. The Morgan fingerprint density at radius 3 is 2.50 bits per heavy atom. The van der Waals surface area contributed by atoms with Gasteiger partial charge in [-0.25, -0.2) is 13.8 Å². The zero-order valence-electron chi connectivity index (χ0n) is 17.3. The molecule has 168 valence electrons. The normalized spacial score (nSPS) is 21.7. The molecule has 2 aromatic rings. The van der Waals surface area contributed by atoms with Crippen molar-refractivity contribution in [2.24, 2.45) is 0 Å². The van der Waals surface area contributed by atoms with Crippen LogP contribution in [0, 0.1) is 11.6 Å². The summed E-state index contributed by atoms with van der Waals surface area (Å²) in [6.07, 6.45) is -0.0176. The van der Waals surface area contributed by atoms with Crippen molar-refractivity contribution in [2.45, 2.75) is 25.2 Å². The molecule has 10 heteroatoms. The number of carbonyl (C=O) groups excluding carboxylic acids is 3. The van der Waals surface area contributed by atoms with Crippen molar-refractivity contribution >= 4 is 18.2 Å². The van der Waals surface area contributed by atoms with E-state index in [1.54, 1.807) is 19.2 Å². The van der Waals surface area contributed by atoms with E-state index in [0.29, 0.717) is 12.0 Å². The SMILES string of the molecule is CN1CC(=O)N2C(Cc3ccc(O)cc3)C(=O)N(Cc3ccc(F)cc3F)C[C@@H]2N1C=O. The van der Waals surface area contributed by atoms with Crippen molar-refractivity contribution in [2.75, 3.05) is 20.1 Å². The first-order valence-electron chi connectivity index (χ1n) is 10.0. The number of amides is 3. The first kappa shape index (κ1) is 21.7. The van der Waals surface area contributed by atoms with Gasteiger partial charge in [-0.3, -0.25) is 19.4 Å². The highest BCUT2D eigenvalue weighted by Gasteiger charge is 2.49. The average Bonchev–Trinajstić information content (AvgIpc) is 2.74. The Morgan fingerprint density at radius 2 is 1.84 bits per heavy atom. The van der Waals surface area contributed by atoms with Gasteiger partial charge in [-0.2, -0.15) is 0 Å². The number of piperazine rings is 1. The summed E-state index contributed by atoms with van der Waals surface area (Å²) in [5.74, 6) is -2.14. The number of rotatable bonds is 5. The van der Waals surface area contributed by atoms with Gasteiger partial charge in [-0.05, 0) is 23.8 Å². The lowest BCUT2D eigenvalue weighted by molar-refractivity contribution is -0.196. The van der Waals surface area contributed by atoms with E-state index in [0.717, 1.165) is 12.1 Å². The summed E-state index contributed by atoms with van der Waals surface area (Å²) < 4.78 is 27.6. The monoisotopic (exact) mass is 444 g/mol. The number of phenols is 1. The summed E-state index contributed by atoms with van der Waals surface area (Å²) in [5.41, 5.74) is 0.837. The van der Waals surface area contributed by atoms with Crippen LogP contribution in [0.15, 0.2) is 42.5 Å². The topological polar surface area (TPSA) is 84.4 Å². The number of hydrogen-bond acceptors (Lipinski definition) is 5. The van der Waals surface area contributed by atoms with Gasteiger partial charge >= 0.3 is 0 Å². The molecule has 32 heavy (non-hydrogen) atoms. The molecule has 2 saturated heterocycles. The summed E-state index contributed by atoms with van der Waals surface area (Å²) in [5, 5.41) is 12.4. The second-order valence-corrected chi connectivity index (χ2v) is 7.92. The molecule has 2 aromatic carbocycles. The molecule has 0 saturated carbocycles. The van der Waals surface area contributed by atoms with Gasteiger partial charge in [0.15, 0.2) is 0 Å². The van der Waals surface area contributed by atoms with Crippen LogP contribution in [0.3, 0.4) is 0 Å². The molecule has 1 unspecified atom stereocenters. The van der Waals surface area contributed by atoms with Gasteiger partial charge in [-0.15, -0.1) is 0 Å². The highest BCUT2D eigenvalue weighted by atomic mass is 19.1. The highest BCUT2D eigenvalue weighted by Crippen LogP contribution is 2.28. The molecule has 0 aromatic heterocycles. The van der Waals surface area contributed by atoms with Crippen LogP contribution < -0.4 is 0 Å². The summed E-state index contributed by atoms with van der Waals surface area (Å²) in [6, 6.07) is 8.47. The van der Waals surface area contributed by atoms with Gasteiger partial charge < -0.3 is 14.9 Å². The minimum atomic E-state index is -0.926. The fourth-order valence-corrected chi connectivity index (χ4v) is 4.24. The predicted octanol–water partition coefficient (Wildman–Crippen LogP) is 1.10. The van der Waals surface area contributed by atoms with Gasteiger partial charge in [-0.1, -0.05) is 18.2 Å². The first-order chi connectivity index (χ1) is 15.3. The minimum Gasteiger partial charge on any atom is -0.508 e. The van der Waals surface area contributed by atoms with Crippen molar-refractivity contribution < 1.29 is 28.3 Å². The van der Waals surface area contributed by atoms with Crippen molar-refractivity contribution in [1.29, 1.82) is 0 Å². The molecule has 2 fully saturated rings.